The van der Waals surface area contributed by atoms with Crippen LogP contribution in [0.4, 0.5) is 0 Å². The van der Waals surface area contributed by atoms with Crippen LogP contribution in [-0.4, -0.2) is 46.8 Å². The average Bonchev–Trinajstić information content (AvgIpc) is 3.15. The van der Waals surface area contributed by atoms with Gasteiger partial charge in [-0.15, -0.1) is 0 Å². The van der Waals surface area contributed by atoms with Crippen molar-refractivity contribution in [2.24, 2.45) is 4.99 Å². The minimum Gasteiger partial charge on any atom is -0.479 e. The molecule has 2 aliphatic rings. The predicted octanol–water partition coefficient (Wildman–Crippen LogP) is 1.99. The summed E-state index contributed by atoms with van der Waals surface area (Å²) in [6, 6.07) is 17.5. The summed E-state index contributed by atoms with van der Waals surface area (Å²) in [6.07, 6.45) is 3.90. The zero-order valence-electron chi connectivity index (χ0n) is 15.8. The van der Waals surface area contributed by atoms with E-state index in [1.165, 1.54) is 0 Å². The third-order valence-electron chi connectivity index (χ3n) is 4.99. The van der Waals surface area contributed by atoms with E-state index in [4.69, 9.17) is 14.1 Å². The van der Waals surface area contributed by atoms with Gasteiger partial charge in [0.05, 0.1) is 18.8 Å². The van der Waals surface area contributed by atoms with Crippen LogP contribution in [-0.2, 0) is 4.74 Å². The van der Waals surface area contributed by atoms with E-state index in [0.29, 0.717) is 24.8 Å². The number of aromatic hydroxyl groups is 1. The van der Waals surface area contributed by atoms with Gasteiger partial charge in [-0.05, 0) is 35.3 Å². The van der Waals surface area contributed by atoms with Crippen LogP contribution in [0.1, 0.15) is 5.69 Å². The minimum atomic E-state index is -0.204. The number of morpholine rings is 1. The van der Waals surface area contributed by atoms with E-state index < -0.39 is 0 Å². The molecule has 6 heteroatoms. The molecule has 5 rings (SSSR count). The van der Waals surface area contributed by atoms with Crippen LogP contribution in [0.5, 0.6) is 5.95 Å². The van der Waals surface area contributed by atoms with Crippen molar-refractivity contribution >= 4 is 18.0 Å². The topological polar surface area (TPSA) is 70.9 Å². The average molecular weight is 386 g/mol. The van der Waals surface area contributed by atoms with E-state index in [1.54, 1.807) is 0 Å². The van der Waals surface area contributed by atoms with E-state index in [1.807, 2.05) is 60.7 Å². The monoisotopic (exact) mass is 386 g/mol. The summed E-state index contributed by atoms with van der Waals surface area (Å²) in [5.74, 6) is 1.04. The van der Waals surface area contributed by atoms with Crippen molar-refractivity contribution in [3.8, 4) is 17.4 Å². The highest BCUT2D eigenvalue weighted by Gasteiger charge is 2.24. The minimum absolute atomic E-state index is 0.204. The number of oxazole rings is 1. The molecule has 0 unspecified atom stereocenters. The maximum absolute atomic E-state index is 10.4. The molecule has 0 saturated carbocycles. The molecule has 0 radical (unpaired) electrons. The fourth-order valence-electron chi connectivity index (χ4n) is 3.53. The first-order valence-electron chi connectivity index (χ1n) is 9.60. The van der Waals surface area contributed by atoms with Crippen molar-refractivity contribution in [3.05, 3.63) is 76.4 Å². The van der Waals surface area contributed by atoms with Crippen LogP contribution in [0, 0.1) is 0 Å². The van der Waals surface area contributed by atoms with Crippen molar-refractivity contribution in [2.75, 3.05) is 26.3 Å². The van der Waals surface area contributed by atoms with E-state index >= 15 is 0 Å². The Balaban J connectivity index is 1.64. The fourth-order valence-corrected chi connectivity index (χ4v) is 3.53. The Hall–Kier alpha value is -3.51. The number of benzene rings is 2. The maximum atomic E-state index is 10.4. The third-order valence-corrected chi connectivity index (χ3v) is 4.99. The molecular formula is C23H20N3O3+. The molecule has 2 aliphatic heterocycles. The molecule has 1 aromatic heterocycles. The fraction of sp³-hybridized carbons (Fsp3) is 0.174. The van der Waals surface area contributed by atoms with Crippen molar-refractivity contribution < 1.29 is 18.8 Å². The first-order chi connectivity index (χ1) is 14.3. The molecule has 2 aromatic carbocycles. The largest absolute Gasteiger partial charge is 0.479 e. The third kappa shape index (κ3) is 3.50. The Morgan fingerprint density at radius 3 is 2.55 bits per heavy atom. The molecule has 0 aliphatic carbocycles. The number of fused-ring (bicyclic) bond motifs is 1. The number of rotatable bonds is 2. The summed E-state index contributed by atoms with van der Waals surface area (Å²) >= 11 is 0. The molecule has 0 bridgehead atoms. The Kier molecular flexibility index (Phi) is 4.54. The zero-order chi connectivity index (χ0) is 19.6. The molecule has 0 atom stereocenters. The van der Waals surface area contributed by atoms with Gasteiger partial charge in [0.15, 0.2) is 5.36 Å². The maximum Gasteiger partial charge on any atom is 0.326 e. The molecule has 0 amide bonds. The van der Waals surface area contributed by atoms with Gasteiger partial charge >= 0.3 is 11.8 Å². The normalized spacial score (nSPS) is 17.6. The second kappa shape index (κ2) is 7.48. The van der Waals surface area contributed by atoms with Crippen molar-refractivity contribution in [1.29, 1.82) is 0 Å². The van der Waals surface area contributed by atoms with Crippen molar-refractivity contribution in [1.82, 2.24) is 4.98 Å². The highest BCUT2D eigenvalue weighted by atomic mass is 16.5. The summed E-state index contributed by atoms with van der Waals surface area (Å²) < 4.78 is 13.2. The first-order valence-corrected chi connectivity index (χ1v) is 9.60. The van der Waals surface area contributed by atoms with Gasteiger partial charge in [0.25, 0.3) is 0 Å². The molecule has 0 spiro atoms. The molecular weight excluding hydrogens is 366 g/mol. The number of hydrogen-bond donors (Lipinski definition) is 1. The zero-order valence-corrected chi connectivity index (χ0v) is 15.8. The summed E-state index contributed by atoms with van der Waals surface area (Å²) in [4.78, 5) is 9.39. The van der Waals surface area contributed by atoms with Gasteiger partial charge in [-0.25, -0.2) is 4.98 Å². The quantitative estimate of drug-likeness (QED) is 0.684. The summed E-state index contributed by atoms with van der Waals surface area (Å²) in [7, 11) is 0. The number of hydrogen-bond acceptors (Lipinski definition) is 4. The lowest BCUT2D eigenvalue weighted by atomic mass is 10.1. The Morgan fingerprint density at radius 2 is 1.72 bits per heavy atom. The lowest BCUT2D eigenvalue weighted by Crippen LogP contribution is -2.38. The summed E-state index contributed by atoms with van der Waals surface area (Å²) in [5.41, 5.74) is 2.08. The van der Waals surface area contributed by atoms with Crippen LogP contribution in [0.3, 0.4) is 0 Å². The number of aromatic nitrogens is 1. The smallest absolute Gasteiger partial charge is 0.326 e. The second-order valence-corrected chi connectivity index (χ2v) is 6.91. The van der Waals surface area contributed by atoms with E-state index in [0.717, 1.165) is 40.6 Å². The van der Waals surface area contributed by atoms with Crippen LogP contribution >= 0.6 is 0 Å². The Morgan fingerprint density at radius 1 is 0.966 bits per heavy atom. The van der Waals surface area contributed by atoms with Crippen LogP contribution in [0.15, 0.2) is 69.6 Å². The van der Waals surface area contributed by atoms with Gasteiger partial charge in [0.1, 0.15) is 18.8 Å². The van der Waals surface area contributed by atoms with Crippen molar-refractivity contribution in [3.63, 3.8) is 0 Å². The molecule has 144 valence electrons. The van der Waals surface area contributed by atoms with E-state index in [2.05, 4.69) is 15.6 Å². The van der Waals surface area contributed by atoms with Gasteiger partial charge < -0.3 is 14.3 Å². The number of ether oxygens (including phenoxy) is 1. The van der Waals surface area contributed by atoms with Gasteiger partial charge in [-0.1, -0.05) is 36.4 Å². The molecule has 3 heterocycles. The SMILES string of the molecule is Oc1oc(-c2ccccc2)nc1/C=C1\C=c2ccccc2=NC1=[N+]1CCOCC1. The van der Waals surface area contributed by atoms with Crippen LogP contribution in [0.25, 0.3) is 23.6 Å². The highest BCUT2D eigenvalue weighted by Crippen LogP contribution is 2.28. The lowest BCUT2D eigenvalue weighted by Gasteiger charge is -2.16. The molecule has 1 N–H and O–H groups in total. The first kappa shape index (κ1) is 17.6. The molecule has 3 aromatic rings. The molecule has 6 nitrogen and oxygen atoms in total. The van der Waals surface area contributed by atoms with Gasteiger partial charge in [-0.2, -0.15) is 0 Å². The summed E-state index contributed by atoms with van der Waals surface area (Å²) in [5, 5.41) is 12.3. The number of nitrogens with zero attached hydrogens (tertiary/aromatic N) is 3. The van der Waals surface area contributed by atoms with Gasteiger partial charge in [-0.3, -0.25) is 4.58 Å². The summed E-state index contributed by atoms with van der Waals surface area (Å²) in [6.45, 7) is 2.88. The van der Waals surface area contributed by atoms with Crippen LogP contribution < -0.4 is 10.6 Å². The van der Waals surface area contributed by atoms with Crippen LogP contribution in [0.2, 0.25) is 0 Å². The van der Waals surface area contributed by atoms with Crippen molar-refractivity contribution in [2.45, 2.75) is 0 Å². The van der Waals surface area contributed by atoms with Gasteiger partial charge in [0, 0.05) is 10.8 Å². The highest BCUT2D eigenvalue weighted by molar-refractivity contribution is 6.08. The Bertz CT molecular complexity index is 1230. The molecule has 1 saturated heterocycles. The number of para-hydroxylation sites is 1. The van der Waals surface area contributed by atoms with E-state index in [-0.39, 0.29) is 5.95 Å². The second-order valence-electron chi connectivity index (χ2n) is 6.91. The molecule has 1 fully saturated rings. The number of amidine groups is 1. The lowest BCUT2D eigenvalue weighted by molar-refractivity contribution is -0.549. The molecule has 29 heavy (non-hydrogen) atoms. The predicted molar refractivity (Wildman–Crippen MR) is 109 cm³/mol. The Labute approximate surface area is 167 Å². The standard InChI is InChI=1S/C23H19N3O3/c27-23-20(25-22(29-23)16-6-2-1-3-7-16)15-18-14-17-8-4-5-9-19(17)24-21(18)26-10-12-28-13-11-26/h1-9,14-15H,10-13H2/p+1. The van der Waals surface area contributed by atoms with Gasteiger partial charge in [0.2, 0.25) is 5.89 Å². The van der Waals surface area contributed by atoms with E-state index in [9.17, 15) is 5.11 Å².